The Hall–Kier alpha value is -2.56. The Balaban J connectivity index is 1.46. The Morgan fingerprint density at radius 3 is 2.63 bits per heavy atom. The maximum atomic E-state index is 6.16. The number of anilines is 1. The lowest BCUT2D eigenvalue weighted by molar-refractivity contribution is 0.147. The molecule has 140 valence electrons. The van der Waals surface area contributed by atoms with Gasteiger partial charge in [-0.3, -0.25) is 0 Å². The van der Waals surface area contributed by atoms with Crippen molar-refractivity contribution in [1.29, 1.82) is 0 Å². The van der Waals surface area contributed by atoms with Crippen LogP contribution in [0.1, 0.15) is 44.9 Å². The highest BCUT2D eigenvalue weighted by Gasteiger charge is 2.17. The van der Waals surface area contributed by atoms with Gasteiger partial charge in [0.2, 0.25) is 5.88 Å². The Bertz CT molecular complexity index is 923. The van der Waals surface area contributed by atoms with Gasteiger partial charge in [0.15, 0.2) is 5.65 Å². The fourth-order valence-electron chi connectivity index (χ4n) is 4.31. The minimum atomic E-state index is 0.300. The van der Waals surface area contributed by atoms with Crippen molar-refractivity contribution in [2.45, 2.75) is 51.0 Å². The minimum absolute atomic E-state index is 0.300. The van der Waals surface area contributed by atoms with Gasteiger partial charge < -0.3 is 9.64 Å². The Morgan fingerprint density at radius 1 is 0.926 bits per heavy atom. The van der Waals surface area contributed by atoms with Crippen molar-refractivity contribution >= 4 is 11.3 Å². The quantitative estimate of drug-likeness (QED) is 0.674. The first-order valence-electron chi connectivity index (χ1n) is 10.2. The molecule has 5 nitrogen and oxygen atoms in total. The lowest BCUT2D eigenvalue weighted by Gasteiger charge is -2.22. The van der Waals surface area contributed by atoms with Gasteiger partial charge in [-0.1, -0.05) is 18.6 Å². The number of hydrogen-bond acceptors (Lipinski definition) is 4. The largest absolute Gasteiger partial charge is 0.473 e. The normalized spacial score (nSPS) is 18.3. The summed E-state index contributed by atoms with van der Waals surface area (Å²) in [7, 11) is 0. The SMILES string of the molecule is c1cc(-c2cnc3ccc(OC4CCCCC4)nn23)cc(N2CCCC2)c1. The molecular formula is C22H26N4O. The van der Waals surface area contributed by atoms with Gasteiger partial charge in [0.25, 0.3) is 0 Å². The second kappa shape index (κ2) is 7.22. The van der Waals surface area contributed by atoms with Crippen LogP contribution in [0.25, 0.3) is 16.9 Å². The number of imidazole rings is 1. The second-order valence-corrected chi connectivity index (χ2v) is 7.71. The molecule has 2 fully saturated rings. The molecule has 1 aromatic carbocycles. The summed E-state index contributed by atoms with van der Waals surface area (Å²) in [6, 6.07) is 12.7. The average Bonchev–Trinajstić information content (AvgIpc) is 3.39. The smallest absolute Gasteiger partial charge is 0.232 e. The van der Waals surface area contributed by atoms with E-state index in [0.717, 1.165) is 42.8 Å². The van der Waals surface area contributed by atoms with Crippen LogP contribution in [-0.4, -0.2) is 33.8 Å². The van der Waals surface area contributed by atoms with Crippen molar-refractivity contribution < 1.29 is 4.74 Å². The van der Waals surface area contributed by atoms with Gasteiger partial charge >= 0.3 is 0 Å². The standard InChI is InChI=1S/C22H26N4O/c1-2-9-19(10-3-1)27-22-12-11-21-23-16-20(26(21)24-22)17-7-6-8-18(15-17)25-13-4-5-14-25/h6-8,11-12,15-16,19H,1-5,9-10,13-14H2. The van der Waals surface area contributed by atoms with Crippen LogP contribution in [0, 0.1) is 0 Å². The zero-order valence-electron chi connectivity index (χ0n) is 15.7. The molecule has 0 spiro atoms. The fraction of sp³-hybridized carbons (Fsp3) is 0.455. The van der Waals surface area contributed by atoms with Crippen molar-refractivity contribution in [3.05, 3.63) is 42.6 Å². The van der Waals surface area contributed by atoms with E-state index < -0.39 is 0 Å². The lowest BCUT2D eigenvalue weighted by atomic mass is 9.98. The molecule has 0 amide bonds. The van der Waals surface area contributed by atoms with Crippen LogP contribution in [0.3, 0.4) is 0 Å². The number of rotatable bonds is 4. The molecule has 1 saturated heterocycles. The summed E-state index contributed by atoms with van der Waals surface area (Å²) in [5, 5.41) is 4.75. The number of hydrogen-bond donors (Lipinski definition) is 0. The molecule has 0 radical (unpaired) electrons. The van der Waals surface area contributed by atoms with Gasteiger partial charge in [0, 0.05) is 30.4 Å². The maximum Gasteiger partial charge on any atom is 0.232 e. The molecule has 27 heavy (non-hydrogen) atoms. The second-order valence-electron chi connectivity index (χ2n) is 7.71. The minimum Gasteiger partial charge on any atom is -0.473 e. The highest BCUT2D eigenvalue weighted by atomic mass is 16.5. The summed E-state index contributed by atoms with van der Waals surface area (Å²) in [5.41, 5.74) is 4.30. The van der Waals surface area contributed by atoms with E-state index in [9.17, 15) is 0 Å². The lowest BCUT2D eigenvalue weighted by Crippen LogP contribution is -2.20. The number of ether oxygens (including phenoxy) is 1. The molecule has 0 atom stereocenters. The van der Waals surface area contributed by atoms with Crippen LogP contribution in [0.2, 0.25) is 0 Å². The van der Waals surface area contributed by atoms with Crippen LogP contribution >= 0.6 is 0 Å². The van der Waals surface area contributed by atoms with Crippen molar-refractivity contribution in [3.63, 3.8) is 0 Å². The number of nitrogens with zero attached hydrogens (tertiary/aromatic N) is 4. The van der Waals surface area contributed by atoms with E-state index in [-0.39, 0.29) is 0 Å². The molecule has 1 aliphatic heterocycles. The van der Waals surface area contributed by atoms with E-state index in [2.05, 4.69) is 34.1 Å². The van der Waals surface area contributed by atoms with Gasteiger partial charge in [-0.2, -0.15) is 0 Å². The topological polar surface area (TPSA) is 42.7 Å². The summed E-state index contributed by atoms with van der Waals surface area (Å²) in [6.45, 7) is 2.29. The van der Waals surface area contributed by atoms with E-state index in [1.165, 1.54) is 37.8 Å². The van der Waals surface area contributed by atoms with E-state index in [4.69, 9.17) is 9.84 Å². The molecule has 3 aromatic rings. The first-order valence-corrected chi connectivity index (χ1v) is 10.2. The molecule has 0 bridgehead atoms. The van der Waals surface area contributed by atoms with E-state index >= 15 is 0 Å². The predicted octanol–water partition coefficient (Wildman–Crippen LogP) is 4.71. The molecule has 5 rings (SSSR count). The highest BCUT2D eigenvalue weighted by molar-refractivity contribution is 5.68. The fourth-order valence-corrected chi connectivity index (χ4v) is 4.31. The maximum absolute atomic E-state index is 6.16. The molecule has 5 heteroatoms. The van der Waals surface area contributed by atoms with Crippen LogP contribution in [0.5, 0.6) is 5.88 Å². The van der Waals surface area contributed by atoms with Crippen LogP contribution in [0.4, 0.5) is 5.69 Å². The van der Waals surface area contributed by atoms with E-state index in [1.807, 2.05) is 22.8 Å². The molecular weight excluding hydrogens is 336 g/mol. The summed E-state index contributed by atoms with van der Waals surface area (Å²) in [5.74, 6) is 0.698. The third-order valence-corrected chi connectivity index (χ3v) is 5.79. The predicted molar refractivity (Wildman–Crippen MR) is 107 cm³/mol. The van der Waals surface area contributed by atoms with Gasteiger partial charge in [0.1, 0.15) is 6.10 Å². The first kappa shape index (κ1) is 16.6. The summed E-state index contributed by atoms with van der Waals surface area (Å²) < 4.78 is 8.08. The summed E-state index contributed by atoms with van der Waals surface area (Å²) >= 11 is 0. The van der Waals surface area contributed by atoms with Gasteiger partial charge in [0.05, 0.1) is 11.9 Å². The van der Waals surface area contributed by atoms with Crippen molar-refractivity contribution in [2.75, 3.05) is 18.0 Å². The summed E-state index contributed by atoms with van der Waals surface area (Å²) in [4.78, 5) is 7.00. The monoisotopic (exact) mass is 362 g/mol. The summed E-state index contributed by atoms with van der Waals surface area (Å²) in [6.07, 6.45) is 10.9. The Morgan fingerprint density at radius 2 is 1.78 bits per heavy atom. The number of fused-ring (bicyclic) bond motifs is 1. The van der Waals surface area contributed by atoms with Crippen molar-refractivity contribution in [2.24, 2.45) is 0 Å². The number of benzene rings is 1. The van der Waals surface area contributed by atoms with E-state index in [1.54, 1.807) is 0 Å². The molecule has 1 aliphatic carbocycles. The zero-order valence-corrected chi connectivity index (χ0v) is 15.7. The molecule has 2 aliphatic rings. The van der Waals surface area contributed by atoms with Gasteiger partial charge in [-0.15, -0.1) is 5.10 Å². The zero-order chi connectivity index (χ0) is 18.1. The molecule has 0 N–H and O–H groups in total. The molecule has 2 aromatic heterocycles. The van der Waals surface area contributed by atoms with Gasteiger partial charge in [-0.05, 0) is 56.7 Å². The highest BCUT2D eigenvalue weighted by Crippen LogP contribution is 2.28. The third-order valence-electron chi connectivity index (χ3n) is 5.79. The van der Waals surface area contributed by atoms with Crippen molar-refractivity contribution in [1.82, 2.24) is 14.6 Å². The van der Waals surface area contributed by atoms with E-state index in [0.29, 0.717) is 12.0 Å². The van der Waals surface area contributed by atoms with Crippen LogP contribution in [-0.2, 0) is 0 Å². The molecule has 0 unspecified atom stereocenters. The Labute approximate surface area is 160 Å². The molecule has 1 saturated carbocycles. The van der Waals surface area contributed by atoms with Crippen LogP contribution in [0.15, 0.2) is 42.6 Å². The first-order chi connectivity index (χ1) is 13.4. The number of aromatic nitrogens is 3. The van der Waals surface area contributed by atoms with Crippen molar-refractivity contribution in [3.8, 4) is 17.1 Å². The Kier molecular flexibility index (Phi) is 4.44. The average molecular weight is 362 g/mol. The molecule has 3 heterocycles. The van der Waals surface area contributed by atoms with Gasteiger partial charge in [-0.25, -0.2) is 9.50 Å². The third kappa shape index (κ3) is 3.38. The van der Waals surface area contributed by atoms with Crippen LogP contribution < -0.4 is 9.64 Å².